The number of nitrogens with zero attached hydrogens (tertiary/aromatic N) is 1. The van der Waals surface area contributed by atoms with E-state index in [1.54, 1.807) is 6.07 Å². The standard InChI is InChI=1S/C18H17N3O2/c1-13-9-10-15(23-13)11-20-21-18(22)12-19-17-8-4-6-14-5-2-3-7-16(14)17/h2-11,19H,12H2,1H3,(H,21,22). The molecule has 0 saturated carbocycles. The van der Waals surface area contributed by atoms with E-state index in [2.05, 4.69) is 15.8 Å². The minimum absolute atomic E-state index is 0.141. The van der Waals surface area contributed by atoms with Gasteiger partial charge in [0.15, 0.2) is 0 Å². The third kappa shape index (κ3) is 3.77. The number of hydrogen-bond acceptors (Lipinski definition) is 4. The van der Waals surface area contributed by atoms with Crippen LogP contribution in [0.4, 0.5) is 5.69 Å². The molecule has 1 heterocycles. The van der Waals surface area contributed by atoms with Crippen molar-refractivity contribution in [1.82, 2.24) is 5.43 Å². The van der Waals surface area contributed by atoms with E-state index in [1.807, 2.05) is 55.5 Å². The van der Waals surface area contributed by atoms with Crippen LogP contribution in [0.5, 0.6) is 0 Å². The molecule has 5 nitrogen and oxygen atoms in total. The summed E-state index contributed by atoms with van der Waals surface area (Å²) < 4.78 is 5.33. The van der Waals surface area contributed by atoms with Crippen LogP contribution in [-0.2, 0) is 4.79 Å². The molecule has 0 atom stereocenters. The van der Waals surface area contributed by atoms with Crippen LogP contribution in [0.25, 0.3) is 10.8 Å². The van der Waals surface area contributed by atoms with E-state index in [0.717, 1.165) is 22.2 Å². The number of furan rings is 1. The molecule has 1 aromatic heterocycles. The molecule has 0 radical (unpaired) electrons. The summed E-state index contributed by atoms with van der Waals surface area (Å²) in [5.41, 5.74) is 3.39. The Bertz CT molecular complexity index is 847. The average molecular weight is 307 g/mol. The normalized spacial score (nSPS) is 11.0. The van der Waals surface area contributed by atoms with E-state index in [0.29, 0.717) is 5.76 Å². The van der Waals surface area contributed by atoms with Gasteiger partial charge in [-0.3, -0.25) is 4.79 Å². The van der Waals surface area contributed by atoms with E-state index in [9.17, 15) is 4.79 Å². The van der Waals surface area contributed by atoms with Crippen molar-refractivity contribution in [3.8, 4) is 0 Å². The molecular formula is C18H17N3O2. The summed E-state index contributed by atoms with van der Waals surface area (Å²) in [4.78, 5) is 11.8. The van der Waals surface area contributed by atoms with Gasteiger partial charge in [-0.2, -0.15) is 5.10 Å². The molecule has 0 fully saturated rings. The third-order valence-corrected chi connectivity index (χ3v) is 3.37. The number of rotatable bonds is 5. The summed E-state index contributed by atoms with van der Waals surface area (Å²) in [6.45, 7) is 1.99. The van der Waals surface area contributed by atoms with Gasteiger partial charge in [0.25, 0.3) is 5.91 Å². The van der Waals surface area contributed by atoms with E-state index in [-0.39, 0.29) is 12.5 Å². The van der Waals surface area contributed by atoms with Gasteiger partial charge in [0.1, 0.15) is 11.5 Å². The molecular weight excluding hydrogens is 290 g/mol. The largest absolute Gasteiger partial charge is 0.460 e. The molecule has 0 unspecified atom stereocenters. The lowest BCUT2D eigenvalue weighted by Crippen LogP contribution is -2.25. The Kier molecular flexibility index (Phi) is 4.38. The molecule has 3 rings (SSSR count). The first-order chi connectivity index (χ1) is 11.2. The van der Waals surface area contributed by atoms with Crippen molar-refractivity contribution in [2.45, 2.75) is 6.92 Å². The molecule has 2 N–H and O–H groups in total. The van der Waals surface area contributed by atoms with Crippen molar-refractivity contribution in [1.29, 1.82) is 0 Å². The van der Waals surface area contributed by atoms with E-state index < -0.39 is 0 Å². The van der Waals surface area contributed by atoms with Crippen molar-refractivity contribution < 1.29 is 9.21 Å². The number of anilines is 1. The molecule has 0 aliphatic heterocycles. The monoisotopic (exact) mass is 307 g/mol. The molecule has 3 aromatic rings. The lowest BCUT2D eigenvalue weighted by atomic mass is 10.1. The fraction of sp³-hybridized carbons (Fsp3) is 0.111. The molecule has 0 spiro atoms. The molecule has 1 amide bonds. The molecule has 0 aliphatic carbocycles. The fourth-order valence-corrected chi connectivity index (χ4v) is 2.29. The fourth-order valence-electron chi connectivity index (χ4n) is 2.29. The molecule has 0 aliphatic rings. The van der Waals surface area contributed by atoms with E-state index in [1.165, 1.54) is 6.21 Å². The number of carbonyl (C=O) groups excluding carboxylic acids is 1. The van der Waals surface area contributed by atoms with Gasteiger partial charge in [-0.1, -0.05) is 36.4 Å². The first-order valence-electron chi connectivity index (χ1n) is 7.32. The van der Waals surface area contributed by atoms with Crippen LogP contribution in [0.1, 0.15) is 11.5 Å². The minimum atomic E-state index is -0.225. The lowest BCUT2D eigenvalue weighted by Gasteiger charge is -2.08. The van der Waals surface area contributed by atoms with Gasteiger partial charge in [-0.15, -0.1) is 0 Å². The zero-order valence-electron chi connectivity index (χ0n) is 12.7. The lowest BCUT2D eigenvalue weighted by molar-refractivity contribution is -0.119. The van der Waals surface area contributed by atoms with E-state index in [4.69, 9.17) is 4.42 Å². The smallest absolute Gasteiger partial charge is 0.259 e. The van der Waals surface area contributed by atoms with E-state index >= 15 is 0 Å². The highest BCUT2D eigenvalue weighted by molar-refractivity contribution is 5.95. The highest BCUT2D eigenvalue weighted by Crippen LogP contribution is 2.22. The molecule has 0 saturated heterocycles. The Morgan fingerprint density at radius 3 is 2.78 bits per heavy atom. The highest BCUT2D eigenvalue weighted by atomic mass is 16.3. The second kappa shape index (κ2) is 6.79. The number of amides is 1. The van der Waals surface area contributed by atoms with Gasteiger partial charge in [-0.05, 0) is 30.5 Å². The maximum absolute atomic E-state index is 11.8. The zero-order valence-corrected chi connectivity index (χ0v) is 12.7. The van der Waals surface area contributed by atoms with Gasteiger partial charge in [0.2, 0.25) is 0 Å². The van der Waals surface area contributed by atoms with Crippen LogP contribution in [0.2, 0.25) is 0 Å². The zero-order chi connectivity index (χ0) is 16.1. The molecule has 2 aromatic carbocycles. The highest BCUT2D eigenvalue weighted by Gasteiger charge is 2.03. The Balaban J connectivity index is 1.57. The molecule has 23 heavy (non-hydrogen) atoms. The van der Waals surface area contributed by atoms with Crippen LogP contribution in [-0.4, -0.2) is 18.7 Å². The number of aryl methyl sites for hydroxylation is 1. The molecule has 116 valence electrons. The number of hydrazone groups is 1. The minimum Gasteiger partial charge on any atom is -0.460 e. The number of nitrogens with one attached hydrogen (secondary N) is 2. The van der Waals surface area contributed by atoms with Gasteiger partial charge in [0, 0.05) is 11.1 Å². The second-order valence-corrected chi connectivity index (χ2v) is 5.12. The van der Waals surface area contributed by atoms with Crippen LogP contribution >= 0.6 is 0 Å². The maximum Gasteiger partial charge on any atom is 0.259 e. The van der Waals surface area contributed by atoms with Gasteiger partial charge in [-0.25, -0.2) is 5.43 Å². The number of benzene rings is 2. The maximum atomic E-state index is 11.8. The van der Waals surface area contributed by atoms with Crippen LogP contribution in [0.3, 0.4) is 0 Å². The Morgan fingerprint density at radius 2 is 1.96 bits per heavy atom. The summed E-state index contributed by atoms with van der Waals surface area (Å²) in [7, 11) is 0. The molecule has 5 heteroatoms. The van der Waals surface area contributed by atoms with Crippen LogP contribution < -0.4 is 10.7 Å². The second-order valence-electron chi connectivity index (χ2n) is 5.12. The SMILES string of the molecule is Cc1ccc(C=NNC(=O)CNc2cccc3ccccc23)o1. The van der Waals surface area contributed by atoms with Crippen LogP contribution in [0.15, 0.2) is 64.1 Å². The van der Waals surface area contributed by atoms with Gasteiger partial charge < -0.3 is 9.73 Å². The summed E-state index contributed by atoms with van der Waals surface area (Å²) in [6.07, 6.45) is 1.48. The summed E-state index contributed by atoms with van der Waals surface area (Å²) >= 11 is 0. The third-order valence-electron chi connectivity index (χ3n) is 3.37. The Labute approximate surface area is 134 Å². The summed E-state index contributed by atoms with van der Waals surface area (Å²) in [5.74, 6) is 1.18. The van der Waals surface area contributed by atoms with Crippen molar-refractivity contribution >= 4 is 28.6 Å². The quantitative estimate of drug-likeness (QED) is 0.561. The Morgan fingerprint density at radius 1 is 1.13 bits per heavy atom. The van der Waals surface area contributed by atoms with Gasteiger partial charge in [0.05, 0.1) is 12.8 Å². The van der Waals surface area contributed by atoms with Crippen LogP contribution in [0, 0.1) is 6.92 Å². The summed E-state index contributed by atoms with van der Waals surface area (Å²) in [6, 6.07) is 17.6. The first kappa shape index (κ1) is 14.8. The first-order valence-corrected chi connectivity index (χ1v) is 7.32. The summed E-state index contributed by atoms with van der Waals surface area (Å²) in [5, 5.41) is 9.21. The van der Waals surface area contributed by atoms with Crippen molar-refractivity contribution in [3.63, 3.8) is 0 Å². The number of fused-ring (bicyclic) bond motifs is 1. The predicted molar refractivity (Wildman–Crippen MR) is 91.6 cm³/mol. The predicted octanol–water partition coefficient (Wildman–Crippen LogP) is 3.30. The van der Waals surface area contributed by atoms with Gasteiger partial charge >= 0.3 is 0 Å². The molecule has 0 bridgehead atoms. The van der Waals surface area contributed by atoms with Crippen molar-refractivity contribution in [3.05, 3.63) is 66.1 Å². The number of hydrogen-bond donors (Lipinski definition) is 2. The van der Waals surface area contributed by atoms with Crippen molar-refractivity contribution in [2.24, 2.45) is 5.10 Å². The van der Waals surface area contributed by atoms with Crippen molar-refractivity contribution in [2.75, 3.05) is 11.9 Å². The Hall–Kier alpha value is -3.08. The average Bonchev–Trinajstić information content (AvgIpc) is 2.98. The number of carbonyl (C=O) groups is 1. The topological polar surface area (TPSA) is 66.6 Å².